The molecular weight excluding hydrogens is 256 g/mol. The van der Waals surface area contributed by atoms with E-state index in [9.17, 15) is 4.79 Å². The van der Waals surface area contributed by atoms with Crippen LogP contribution in [0.15, 0.2) is 10.6 Å². The van der Waals surface area contributed by atoms with Gasteiger partial charge in [0.1, 0.15) is 5.76 Å². The maximum Gasteiger partial charge on any atom is 0.310 e. The Bertz CT molecular complexity index is 476. The lowest BCUT2D eigenvalue weighted by Gasteiger charge is -2.15. The van der Waals surface area contributed by atoms with E-state index in [1.165, 1.54) is 7.11 Å². The quantitative estimate of drug-likeness (QED) is 0.795. The van der Waals surface area contributed by atoms with Gasteiger partial charge in [0.25, 0.3) is 0 Å². The number of oxazole rings is 1. The Balaban J connectivity index is 1.98. The molecule has 2 heterocycles. The first-order chi connectivity index (χ1) is 9.31. The Hall–Kier alpha value is -1.36. The van der Waals surface area contributed by atoms with Gasteiger partial charge in [-0.05, 0) is 5.92 Å². The van der Waals surface area contributed by atoms with Gasteiger partial charge in [-0.3, -0.25) is 9.69 Å². The smallest absolute Gasteiger partial charge is 0.310 e. The number of hydrogen-bond donors (Lipinski definition) is 0. The molecule has 0 spiro atoms. The molecule has 1 aromatic rings. The molecule has 5 heteroatoms. The molecule has 0 radical (unpaired) electrons. The third kappa shape index (κ3) is 3.20. The monoisotopic (exact) mass is 280 g/mol. The average Bonchev–Trinajstić information content (AvgIpc) is 2.95. The zero-order valence-electron chi connectivity index (χ0n) is 13.0. The minimum atomic E-state index is -0.122. The van der Waals surface area contributed by atoms with Crippen molar-refractivity contribution in [1.82, 2.24) is 9.88 Å². The first-order valence-corrected chi connectivity index (χ1v) is 7.06. The van der Waals surface area contributed by atoms with Crippen LogP contribution in [0.5, 0.6) is 0 Å². The van der Waals surface area contributed by atoms with Crippen molar-refractivity contribution >= 4 is 5.97 Å². The fourth-order valence-corrected chi connectivity index (χ4v) is 2.58. The zero-order chi connectivity index (χ0) is 14.9. The van der Waals surface area contributed by atoms with E-state index in [-0.39, 0.29) is 17.3 Å². The van der Waals surface area contributed by atoms with E-state index in [4.69, 9.17) is 9.15 Å². The van der Waals surface area contributed by atoms with Gasteiger partial charge in [0.15, 0.2) is 0 Å². The molecule has 2 unspecified atom stereocenters. The summed E-state index contributed by atoms with van der Waals surface area (Å²) in [7, 11) is 1.45. The lowest BCUT2D eigenvalue weighted by molar-refractivity contribution is -0.146. The molecule has 0 bridgehead atoms. The molecule has 1 aliphatic rings. The molecule has 2 atom stereocenters. The standard InChI is InChI=1S/C15H24N2O3/c1-10-7-17(8-11(10)14(18)19-5)9-13-16-6-12(20-13)15(2,3)4/h6,10-11H,7-9H2,1-5H3. The molecule has 1 aliphatic heterocycles. The maximum absolute atomic E-state index is 11.7. The molecule has 2 rings (SSSR count). The summed E-state index contributed by atoms with van der Waals surface area (Å²) in [6, 6.07) is 0. The minimum Gasteiger partial charge on any atom is -0.469 e. The summed E-state index contributed by atoms with van der Waals surface area (Å²) in [5.74, 6) is 1.75. The van der Waals surface area contributed by atoms with Crippen LogP contribution in [-0.2, 0) is 21.5 Å². The second kappa shape index (κ2) is 5.56. The van der Waals surface area contributed by atoms with Crippen LogP contribution in [-0.4, -0.2) is 36.1 Å². The molecule has 0 amide bonds. The number of carbonyl (C=O) groups excluding carboxylic acids is 1. The molecular formula is C15H24N2O3. The Labute approximate surface area is 120 Å². The zero-order valence-corrected chi connectivity index (χ0v) is 13.0. The van der Waals surface area contributed by atoms with E-state index in [2.05, 4.69) is 37.6 Å². The molecule has 0 N–H and O–H groups in total. The van der Waals surface area contributed by atoms with E-state index >= 15 is 0 Å². The predicted octanol–water partition coefficient (Wildman–Crippen LogP) is 2.21. The number of esters is 1. The number of nitrogens with zero attached hydrogens (tertiary/aromatic N) is 2. The molecule has 0 saturated carbocycles. The van der Waals surface area contributed by atoms with Crippen molar-refractivity contribution in [3.63, 3.8) is 0 Å². The summed E-state index contributed by atoms with van der Waals surface area (Å²) >= 11 is 0. The van der Waals surface area contributed by atoms with Gasteiger partial charge in [-0.2, -0.15) is 0 Å². The van der Waals surface area contributed by atoms with Crippen LogP contribution in [0.3, 0.4) is 0 Å². The van der Waals surface area contributed by atoms with Crippen LogP contribution in [0.25, 0.3) is 0 Å². The van der Waals surface area contributed by atoms with Crippen molar-refractivity contribution in [2.45, 2.75) is 39.7 Å². The fraction of sp³-hybridized carbons (Fsp3) is 0.733. The summed E-state index contributed by atoms with van der Waals surface area (Å²) < 4.78 is 10.6. The Kier molecular flexibility index (Phi) is 4.18. The number of hydrogen-bond acceptors (Lipinski definition) is 5. The predicted molar refractivity (Wildman–Crippen MR) is 75.2 cm³/mol. The first kappa shape index (κ1) is 15.0. The number of aromatic nitrogens is 1. The van der Waals surface area contributed by atoms with Crippen molar-refractivity contribution in [2.24, 2.45) is 11.8 Å². The van der Waals surface area contributed by atoms with E-state index in [1.807, 2.05) is 0 Å². The number of ether oxygens (including phenoxy) is 1. The van der Waals surface area contributed by atoms with Crippen LogP contribution in [0.1, 0.15) is 39.3 Å². The second-order valence-electron chi connectivity index (χ2n) is 6.67. The van der Waals surface area contributed by atoms with E-state index < -0.39 is 0 Å². The van der Waals surface area contributed by atoms with Crippen molar-refractivity contribution in [1.29, 1.82) is 0 Å². The number of rotatable bonds is 3. The normalized spacial score (nSPS) is 24.1. The van der Waals surface area contributed by atoms with Gasteiger partial charge in [0.05, 0.1) is 25.8 Å². The minimum absolute atomic E-state index is 0.0297. The van der Waals surface area contributed by atoms with E-state index in [0.29, 0.717) is 24.9 Å². The third-order valence-electron chi connectivity index (χ3n) is 3.84. The van der Waals surface area contributed by atoms with Crippen molar-refractivity contribution in [3.05, 3.63) is 17.8 Å². The number of likely N-dealkylation sites (tertiary alicyclic amines) is 1. The molecule has 112 valence electrons. The van der Waals surface area contributed by atoms with Crippen molar-refractivity contribution in [3.8, 4) is 0 Å². The van der Waals surface area contributed by atoms with Crippen LogP contribution in [0.4, 0.5) is 0 Å². The molecule has 0 aromatic carbocycles. The number of carbonyl (C=O) groups is 1. The molecule has 20 heavy (non-hydrogen) atoms. The lowest BCUT2D eigenvalue weighted by atomic mass is 9.94. The van der Waals surface area contributed by atoms with Gasteiger partial charge in [0.2, 0.25) is 5.89 Å². The Morgan fingerprint density at radius 3 is 2.75 bits per heavy atom. The van der Waals surface area contributed by atoms with Gasteiger partial charge in [-0.1, -0.05) is 27.7 Å². The van der Waals surface area contributed by atoms with Crippen molar-refractivity contribution in [2.75, 3.05) is 20.2 Å². The van der Waals surface area contributed by atoms with Gasteiger partial charge < -0.3 is 9.15 Å². The highest BCUT2D eigenvalue weighted by atomic mass is 16.5. The summed E-state index contributed by atoms with van der Waals surface area (Å²) in [6.45, 7) is 10.6. The molecule has 1 saturated heterocycles. The van der Waals surface area contributed by atoms with Crippen LogP contribution in [0, 0.1) is 11.8 Å². The van der Waals surface area contributed by atoms with Crippen LogP contribution >= 0.6 is 0 Å². The topological polar surface area (TPSA) is 55.6 Å². The largest absolute Gasteiger partial charge is 0.469 e. The fourth-order valence-electron chi connectivity index (χ4n) is 2.58. The average molecular weight is 280 g/mol. The highest BCUT2D eigenvalue weighted by molar-refractivity contribution is 5.73. The number of methoxy groups -OCH3 is 1. The van der Waals surface area contributed by atoms with Gasteiger partial charge in [-0.15, -0.1) is 0 Å². The molecule has 0 aliphatic carbocycles. The molecule has 5 nitrogen and oxygen atoms in total. The second-order valence-corrected chi connectivity index (χ2v) is 6.67. The van der Waals surface area contributed by atoms with Gasteiger partial charge in [0, 0.05) is 18.5 Å². The van der Waals surface area contributed by atoms with E-state index in [0.717, 1.165) is 12.3 Å². The molecule has 1 aromatic heterocycles. The maximum atomic E-state index is 11.7. The highest BCUT2D eigenvalue weighted by Crippen LogP contribution is 2.27. The van der Waals surface area contributed by atoms with Crippen LogP contribution in [0.2, 0.25) is 0 Å². The van der Waals surface area contributed by atoms with Gasteiger partial charge in [-0.25, -0.2) is 4.98 Å². The Morgan fingerprint density at radius 2 is 2.20 bits per heavy atom. The van der Waals surface area contributed by atoms with Crippen molar-refractivity contribution < 1.29 is 13.9 Å². The van der Waals surface area contributed by atoms with Crippen LogP contribution < -0.4 is 0 Å². The SMILES string of the molecule is COC(=O)C1CN(Cc2ncc(C(C)(C)C)o2)CC1C. The first-order valence-electron chi connectivity index (χ1n) is 7.06. The molecule has 1 fully saturated rings. The van der Waals surface area contributed by atoms with E-state index in [1.54, 1.807) is 6.20 Å². The Morgan fingerprint density at radius 1 is 1.50 bits per heavy atom. The summed E-state index contributed by atoms with van der Waals surface area (Å²) in [4.78, 5) is 18.2. The van der Waals surface area contributed by atoms with Gasteiger partial charge >= 0.3 is 5.97 Å². The summed E-state index contributed by atoms with van der Waals surface area (Å²) in [6.07, 6.45) is 1.80. The summed E-state index contributed by atoms with van der Waals surface area (Å²) in [5, 5.41) is 0. The summed E-state index contributed by atoms with van der Waals surface area (Å²) in [5.41, 5.74) is -0.0297. The lowest BCUT2D eigenvalue weighted by Crippen LogP contribution is -2.24. The highest BCUT2D eigenvalue weighted by Gasteiger charge is 2.36. The third-order valence-corrected chi connectivity index (χ3v) is 3.84.